The highest BCUT2D eigenvalue weighted by Crippen LogP contribution is 2.32. The topological polar surface area (TPSA) is 89.5 Å². The minimum absolute atomic E-state index is 0.0266. The van der Waals surface area contributed by atoms with Gasteiger partial charge in [-0.3, -0.25) is 9.59 Å². The number of unbranched alkanes of at least 4 members (excludes halogenated alkanes) is 1. The third-order valence-electron chi connectivity index (χ3n) is 5.39. The van der Waals surface area contributed by atoms with Gasteiger partial charge in [0.15, 0.2) is 15.9 Å². The number of nitrogens with one attached hydrogen (secondary N) is 1. The molecule has 0 radical (unpaired) electrons. The summed E-state index contributed by atoms with van der Waals surface area (Å²) in [5.41, 5.74) is 0. The van der Waals surface area contributed by atoms with E-state index < -0.39 is 21.8 Å². The third kappa shape index (κ3) is 6.28. The van der Waals surface area contributed by atoms with Gasteiger partial charge in [0, 0.05) is 6.04 Å². The summed E-state index contributed by atoms with van der Waals surface area (Å²) >= 11 is 0. The lowest BCUT2D eigenvalue weighted by atomic mass is 9.80. The van der Waals surface area contributed by atoms with Crippen LogP contribution < -0.4 is 5.32 Å². The summed E-state index contributed by atoms with van der Waals surface area (Å²) in [6, 6.07) is -0.368. The lowest BCUT2D eigenvalue weighted by molar-refractivity contribution is -0.160. The molecule has 2 aliphatic rings. The highest BCUT2D eigenvalue weighted by atomic mass is 32.2. The van der Waals surface area contributed by atoms with E-state index in [1.807, 2.05) is 0 Å². The summed E-state index contributed by atoms with van der Waals surface area (Å²) < 4.78 is 28.2. The molecule has 7 heteroatoms. The van der Waals surface area contributed by atoms with Gasteiger partial charge in [-0.1, -0.05) is 26.2 Å². The van der Waals surface area contributed by atoms with Gasteiger partial charge in [0.25, 0.3) is 5.91 Å². The molecule has 6 nitrogen and oxygen atoms in total. The number of hydrogen-bond donors (Lipinski definition) is 1. The summed E-state index contributed by atoms with van der Waals surface area (Å²) in [5.74, 6) is -0.0223. The highest BCUT2D eigenvalue weighted by molar-refractivity contribution is 7.91. The molecule has 25 heavy (non-hydrogen) atoms. The summed E-state index contributed by atoms with van der Waals surface area (Å²) in [6.45, 7) is 3.74. The molecular weight excluding hydrogens is 342 g/mol. The summed E-state index contributed by atoms with van der Waals surface area (Å²) in [5, 5.41) is 2.68. The van der Waals surface area contributed by atoms with E-state index in [0.29, 0.717) is 12.3 Å². The second kappa shape index (κ2) is 9.01. The van der Waals surface area contributed by atoms with Crippen molar-refractivity contribution in [3.8, 4) is 0 Å². The molecule has 144 valence electrons. The molecule has 1 saturated carbocycles. The Kier molecular flexibility index (Phi) is 7.28. The maximum atomic E-state index is 12.3. The van der Waals surface area contributed by atoms with E-state index >= 15 is 0 Å². The zero-order chi connectivity index (χ0) is 18.4. The Labute approximate surface area is 151 Å². The van der Waals surface area contributed by atoms with Crippen LogP contribution in [0.2, 0.25) is 0 Å². The number of rotatable bonds is 7. The molecule has 1 aliphatic heterocycles. The third-order valence-corrected chi connectivity index (χ3v) is 7.15. The molecule has 1 saturated heterocycles. The molecule has 1 aliphatic carbocycles. The number of esters is 1. The van der Waals surface area contributed by atoms with Crippen molar-refractivity contribution in [2.45, 2.75) is 77.4 Å². The predicted molar refractivity (Wildman–Crippen MR) is 95.7 cm³/mol. The maximum Gasteiger partial charge on any atom is 0.309 e. The molecule has 0 spiro atoms. The van der Waals surface area contributed by atoms with Gasteiger partial charge >= 0.3 is 5.97 Å². The van der Waals surface area contributed by atoms with Crippen LogP contribution in [-0.2, 0) is 24.2 Å². The maximum absolute atomic E-state index is 12.3. The molecule has 1 heterocycles. The Morgan fingerprint density at radius 1 is 1.16 bits per heavy atom. The molecule has 2 fully saturated rings. The summed E-state index contributed by atoms with van der Waals surface area (Å²) in [7, 11) is -3.04. The van der Waals surface area contributed by atoms with Crippen molar-refractivity contribution in [3.05, 3.63) is 0 Å². The van der Waals surface area contributed by atoms with Crippen LogP contribution in [0, 0.1) is 11.8 Å². The largest absolute Gasteiger partial charge is 0.452 e. The lowest BCUT2D eigenvalue weighted by Crippen LogP contribution is -2.43. The van der Waals surface area contributed by atoms with E-state index in [4.69, 9.17) is 4.74 Å². The number of ether oxygens (including phenoxy) is 1. The van der Waals surface area contributed by atoms with Crippen molar-refractivity contribution in [1.82, 2.24) is 5.32 Å². The number of amides is 1. The molecule has 0 aromatic carbocycles. The smallest absolute Gasteiger partial charge is 0.309 e. The highest BCUT2D eigenvalue weighted by Gasteiger charge is 2.32. The number of carbonyl (C=O) groups excluding carboxylic acids is 2. The number of hydrogen-bond acceptors (Lipinski definition) is 5. The van der Waals surface area contributed by atoms with E-state index in [0.717, 1.165) is 25.7 Å². The van der Waals surface area contributed by atoms with Crippen LogP contribution >= 0.6 is 0 Å². The van der Waals surface area contributed by atoms with E-state index in [1.165, 1.54) is 19.3 Å². The second-order valence-electron chi connectivity index (χ2n) is 7.55. The monoisotopic (exact) mass is 373 g/mol. The van der Waals surface area contributed by atoms with Gasteiger partial charge in [0.1, 0.15) is 0 Å². The first-order chi connectivity index (χ1) is 11.8. The van der Waals surface area contributed by atoms with Crippen LogP contribution in [0.3, 0.4) is 0 Å². The fourth-order valence-corrected chi connectivity index (χ4v) is 5.40. The quantitative estimate of drug-likeness (QED) is 0.691. The Morgan fingerprint density at radius 2 is 1.84 bits per heavy atom. The first-order valence-electron chi connectivity index (χ1n) is 9.52. The van der Waals surface area contributed by atoms with Crippen LogP contribution in [0.4, 0.5) is 0 Å². The molecule has 2 atom stereocenters. The van der Waals surface area contributed by atoms with Crippen molar-refractivity contribution in [2.75, 3.05) is 11.5 Å². The van der Waals surface area contributed by atoms with E-state index in [-0.39, 0.29) is 29.4 Å². The zero-order valence-electron chi connectivity index (χ0n) is 15.3. The van der Waals surface area contributed by atoms with Gasteiger partial charge in [-0.15, -0.1) is 0 Å². The Hall–Kier alpha value is -1.11. The fourth-order valence-electron chi connectivity index (χ4n) is 3.73. The SMILES string of the molecule is CCCCC1CCC(C(=O)OC(C)C(=O)NC2CCS(=O)(=O)C2)CC1. The predicted octanol–water partition coefficient (Wildman–Crippen LogP) is 2.22. The lowest BCUT2D eigenvalue weighted by Gasteiger charge is -2.28. The van der Waals surface area contributed by atoms with Gasteiger partial charge in [-0.25, -0.2) is 8.42 Å². The molecular formula is C18H31NO5S. The normalized spacial score (nSPS) is 29.8. The molecule has 1 N–H and O–H groups in total. The first kappa shape index (κ1) is 20.2. The van der Waals surface area contributed by atoms with Gasteiger partial charge in [0.05, 0.1) is 17.4 Å². The van der Waals surface area contributed by atoms with Crippen LogP contribution in [0.5, 0.6) is 0 Å². The minimum atomic E-state index is -3.04. The molecule has 0 bridgehead atoms. The van der Waals surface area contributed by atoms with Crippen molar-refractivity contribution >= 4 is 21.7 Å². The second-order valence-corrected chi connectivity index (χ2v) is 9.78. The average Bonchev–Trinajstić information content (AvgIpc) is 2.91. The molecule has 0 aromatic heterocycles. The Morgan fingerprint density at radius 3 is 2.40 bits per heavy atom. The van der Waals surface area contributed by atoms with Gasteiger partial charge in [0.2, 0.25) is 0 Å². The van der Waals surface area contributed by atoms with Crippen molar-refractivity contribution in [1.29, 1.82) is 0 Å². The Balaban J connectivity index is 1.72. The van der Waals surface area contributed by atoms with Crippen LogP contribution in [0.15, 0.2) is 0 Å². The van der Waals surface area contributed by atoms with Gasteiger partial charge < -0.3 is 10.1 Å². The van der Waals surface area contributed by atoms with Crippen molar-refractivity contribution in [2.24, 2.45) is 11.8 Å². The van der Waals surface area contributed by atoms with Gasteiger partial charge in [-0.05, 0) is 44.9 Å². The van der Waals surface area contributed by atoms with Crippen molar-refractivity contribution in [3.63, 3.8) is 0 Å². The number of sulfone groups is 1. The van der Waals surface area contributed by atoms with Crippen molar-refractivity contribution < 1.29 is 22.7 Å². The molecule has 1 amide bonds. The van der Waals surface area contributed by atoms with Crippen LogP contribution in [0.25, 0.3) is 0 Å². The fraction of sp³-hybridized carbons (Fsp3) is 0.889. The summed E-state index contributed by atoms with van der Waals surface area (Å²) in [6.07, 6.45) is 7.02. The van der Waals surface area contributed by atoms with Crippen LogP contribution in [-0.4, -0.2) is 43.9 Å². The molecule has 2 rings (SSSR count). The van der Waals surface area contributed by atoms with E-state index in [1.54, 1.807) is 6.92 Å². The average molecular weight is 374 g/mol. The standard InChI is InChI=1S/C18H31NO5S/c1-3-4-5-14-6-8-15(9-7-14)18(21)24-13(2)17(20)19-16-10-11-25(22,23)12-16/h13-16H,3-12H2,1-2H3,(H,19,20). The minimum Gasteiger partial charge on any atom is -0.452 e. The van der Waals surface area contributed by atoms with E-state index in [2.05, 4.69) is 12.2 Å². The molecule has 0 aromatic rings. The first-order valence-corrected chi connectivity index (χ1v) is 11.3. The zero-order valence-corrected chi connectivity index (χ0v) is 16.1. The summed E-state index contributed by atoms with van der Waals surface area (Å²) in [4.78, 5) is 24.4. The van der Waals surface area contributed by atoms with Gasteiger partial charge in [-0.2, -0.15) is 0 Å². The number of carbonyl (C=O) groups is 2. The van der Waals surface area contributed by atoms with Crippen LogP contribution in [0.1, 0.15) is 65.2 Å². The molecule has 2 unspecified atom stereocenters. The van der Waals surface area contributed by atoms with E-state index in [9.17, 15) is 18.0 Å². The Bertz CT molecular complexity index is 566.